The molecule has 4 N–H and O–H groups in total. The third kappa shape index (κ3) is 3.94. The molecule has 1 aliphatic carbocycles. The van der Waals surface area contributed by atoms with E-state index in [4.69, 9.17) is 5.73 Å². The number of para-hydroxylation sites is 2. The van der Waals surface area contributed by atoms with Gasteiger partial charge in [0.05, 0.1) is 10.5 Å². The van der Waals surface area contributed by atoms with Crippen LogP contribution in [0.2, 0.25) is 0 Å². The van der Waals surface area contributed by atoms with Gasteiger partial charge in [-0.1, -0.05) is 25.0 Å². The smallest absolute Gasteiger partial charge is 0.292 e. The molecule has 2 rings (SSSR count). The highest BCUT2D eigenvalue weighted by atomic mass is 16.6. The van der Waals surface area contributed by atoms with Crippen molar-refractivity contribution in [3.05, 3.63) is 34.4 Å². The van der Waals surface area contributed by atoms with Crippen molar-refractivity contribution in [3.63, 3.8) is 0 Å². The van der Waals surface area contributed by atoms with Crippen molar-refractivity contribution in [3.8, 4) is 0 Å². The number of nitro groups is 1. The SMILES string of the molecule is NCC1(NC(=O)CCNc2ccccc2[N+](=O)[O-])CCCC1. The summed E-state index contributed by atoms with van der Waals surface area (Å²) in [5, 5.41) is 16.9. The van der Waals surface area contributed by atoms with Gasteiger partial charge in [0, 0.05) is 25.6 Å². The van der Waals surface area contributed by atoms with Crippen molar-refractivity contribution in [1.82, 2.24) is 5.32 Å². The van der Waals surface area contributed by atoms with Gasteiger partial charge in [0.15, 0.2) is 0 Å². The molecule has 0 aromatic heterocycles. The van der Waals surface area contributed by atoms with Crippen LogP contribution in [-0.4, -0.2) is 29.5 Å². The Labute approximate surface area is 129 Å². The van der Waals surface area contributed by atoms with Crippen molar-refractivity contribution < 1.29 is 9.72 Å². The average Bonchev–Trinajstić information content (AvgIpc) is 2.96. The van der Waals surface area contributed by atoms with E-state index in [-0.39, 0.29) is 23.6 Å². The van der Waals surface area contributed by atoms with E-state index < -0.39 is 4.92 Å². The Balaban J connectivity index is 1.84. The number of hydrogen-bond donors (Lipinski definition) is 3. The standard InChI is InChI=1S/C15H22N4O3/c16-11-15(8-3-4-9-15)18-14(20)7-10-17-12-5-1-2-6-13(12)19(21)22/h1-2,5-6,17H,3-4,7-11,16H2,(H,18,20). The van der Waals surface area contributed by atoms with Gasteiger partial charge in [-0.05, 0) is 18.9 Å². The molecule has 120 valence electrons. The molecule has 0 radical (unpaired) electrons. The number of nitro benzene ring substituents is 1. The van der Waals surface area contributed by atoms with Crippen LogP contribution >= 0.6 is 0 Å². The molecule has 1 aliphatic rings. The van der Waals surface area contributed by atoms with Gasteiger partial charge in [-0.2, -0.15) is 0 Å². The normalized spacial score (nSPS) is 16.2. The molecule has 1 aromatic rings. The zero-order chi connectivity index (χ0) is 16.0. The van der Waals surface area contributed by atoms with Crippen LogP contribution in [0.25, 0.3) is 0 Å². The minimum absolute atomic E-state index is 0.0112. The Kier molecular flexibility index (Phi) is 5.32. The Morgan fingerprint density at radius 2 is 2.00 bits per heavy atom. The van der Waals surface area contributed by atoms with Crippen LogP contribution in [0.5, 0.6) is 0 Å². The summed E-state index contributed by atoms with van der Waals surface area (Å²) >= 11 is 0. The number of carbonyl (C=O) groups excluding carboxylic acids is 1. The molecule has 0 spiro atoms. The summed E-state index contributed by atoms with van der Waals surface area (Å²) < 4.78 is 0. The molecule has 7 heteroatoms. The number of nitrogens with one attached hydrogen (secondary N) is 2. The van der Waals surface area contributed by atoms with E-state index in [0.29, 0.717) is 18.8 Å². The summed E-state index contributed by atoms with van der Waals surface area (Å²) in [5.74, 6) is -0.0709. The Morgan fingerprint density at radius 3 is 2.64 bits per heavy atom. The van der Waals surface area contributed by atoms with Gasteiger partial charge >= 0.3 is 0 Å². The summed E-state index contributed by atoms with van der Waals surface area (Å²) in [6.07, 6.45) is 4.28. The number of hydrogen-bond acceptors (Lipinski definition) is 5. The molecule has 0 aliphatic heterocycles. The van der Waals surface area contributed by atoms with Gasteiger partial charge in [0.1, 0.15) is 5.69 Å². The molecule has 7 nitrogen and oxygen atoms in total. The molecule has 0 bridgehead atoms. The molecule has 0 atom stereocenters. The number of amides is 1. The zero-order valence-corrected chi connectivity index (χ0v) is 12.5. The Bertz CT molecular complexity index is 541. The van der Waals surface area contributed by atoms with Gasteiger partial charge in [-0.15, -0.1) is 0 Å². The quantitative estimate of drug-likeness (QED) is 0.525. The number of rotatable bonds is 7. The lowest BCUT2D eigenvalue weighted by Crippen LogP contribution is -2.51. The van der Waals surface area contributed by atoms with E-state index >= 15 is 0 Å². The number of nitrogens with two attached hydrogens (primary N) is 1. The number of benzene rings is 1. The Morgan fingerprint density at radius 1 is 1.32 bits per heavy atom. The maximum absolute atomic E-state index is 12.0. The summed E-state index contributed by atoms with van der Waals surface area (Å²) in [5.41, 5.74) is 5.97. The summed E-state index contributed by atoms with van der Waals surface area (Å²) in [4.78, 5) is 22.5. The van der Waals surface area contributed by atoms with E-state index in [1.807, 2.05) is 0 Å². The third-order valence-corrected chi connectivity index (χ3v) is 4.12. The average molecular weight is 306 g/mol. The molecule has 1 amide bonds. The first kappa shape index (κ1) is 16.2. The first-order valence-corrected chi connectivity index (χ1v) is 7.55. The third-order valence-electron chi connectivity index (χ3n) is 4.12. The number of nitrogens with zero attached hydrogens (tertiary/aromatic N) is 1. The van der Waals surface area contributed by atoms with E-state index in [0.717, 1.165) is 25.7 Å². The maximum atomic E-state index is 12.0. The van der Waals surface area contributed by atoms with E-state index in [2.05, 4.69) is 10.6 Å². The lowest BCUT2D eigenvalue weighted by atomic mass is 9.97. The molecular weight excluding hydrogens is 284 g/mol. The molecule has 1 fully saturated rings. The highest BCUT2D eigenvalue weighted by Gasteiger charge is 2.33. The fourth-order valence-electron chi connectivity index (χ4n) is 2.88. The van der Waals surface area contributed by atoms with Crippen molar-refractivity contribution in [2.24, 2.45) is 5.73 Å². The van der Waals surface area contributed by atoms with Gasteiger partial charge in [0.25, 0.3) is 5.69 Å². The Hall–Kier alpha value is -2.15. The zero-order valence-electron chi connectivity index (χ0n) is 12.5. The van der Waals surface area contributed by atoms with E-state index in [9.17, 15) is 14.9 Å². The summed E-state index contributed by atoms with van der Waals surface area (Å²) in [6.45, 7) is 0.799. The van der Waals surface area contributed by atoms with E-state index in [1.54, 1.807) is 18.2 Å². The predicted molar refractivity (Wildman–Crippen MR) is 84.6 cm³/mol. The van der Waals surface area contributed by atoms with Gasteiger partial charge in [0.2, 0.25) is 5.91 Å². The molecular formula is C15H22N4O3. The van der Waals surface area contributed by atoms with Gasteiger partial charge in [-0.25, -0.2) is 0 Å². The first-order valence-electron chi connectivity index (χ1n) is 7.55. The van der Waals surface area contributed by atoms with Crippen molar-refractivity contribution in [1.29, 1.82) is 0 Å². The largest absolute Gasteiger partial charge is 0.379 e. The molecule has 0 heterocycles. The number of carbonyl (C=O) groups is 1. The molecule has 1 aromatic carbocycles. The highest BCUT2D eigenvalue weighted by molar-refractivity contribution is 5.77. The second kappa shape index (κ2) is 7.22. The minimum Gasteiger partial charge on any atom is -0.379 e. The summed E-state index contributed by atoms with van der Waals surface area (Å²) in [7, 11) is 0. The van der Waals surface area contributed by atoms with Gasteiger partial charge < -0.3 is 16.4 Å². The van der Waals surface area contributed by atoms with Crippen LogP contribution in [0.1, 0.15) is 32.1 Å². The molecule has 0 saturated heterocycles. The molecule has 1 saturated carbocycles. The van der Waals surface area contributed by atoms with Crippen LogP contribution in [0.4, 0.5) is 11.4 Å². The number of anilines is 1. The van der Waals surface area contributed by atoms with Crippen LogP contribution in [0.15, 0.2) is 24.3 Å². The van der Waals surface area contributed by atoms with Crippen LogP contribution in [0.3, 0.4) is 0 Å². The summed E-state index contributed by atoms with van der Waals surface area (Å²) in [6, 6.07) is 6.40. The highest BCUT2D eigenvalue weighted by Crippen LogP contribution is 2.28. The fourth-order valence-corrected chi connectivity index (χ4v) is 2.88. The molecule has 0 unspecified atom stereocenters. The fraction of sp³-hybridized carbons (Fsp3) is 0.533. The van der Waals surface area contributed by atoms with E-state index in [1.165, 1.54) is 6.07 Å². The van der Waals surface area contributed by atoms with Crippen molar-refractivity contribution in [2.45, 2.75) is 37.6 Å². The van der Waals surface area contributed by atoms with Crippen LogP contribution in [-0.2, 0) is 4.79 Å². The second-order valence-corrected chi connectivity index (χ2v) is 5.69. The van der Waals surface area contributed by atoms with Crippen molar-refractivity contribution in [2.75, 3.05) is 18.4 Å². The monoisotopic (exact) mass is 306 g/mol. The minimum atomic E-state index is -0.440. The first-order chi connectivity index (χ1) is 10.6. The second-order valence-electron chi connectivity index (χ2n) is 5.69. The topological polar surface area (TPSA) is 110 Å². The van der Waals surface area contributed by atoms with Gasteiger partial charge in [-0.3, -0.25) is 14.9 Å². The van der Waals surface area contributed by atoms with Crippen molar-refractivity contribution >= 4 is 17.3 Å². The maximum Gasteiger partial charge on any atom is 0.292 e. The molecule has 22 heavy (non-hydrogen) atoms. The lowest BCUT2D eigenvalue weighted by Gasteiger charge is -2.28. The lowest BCUT2D eigenvalue weighted by molar-refractivity contribution is -0.384. The van der Waals surface area contributed by atoms with Crippen LogP contribution in [0, 0.1) is 10.1 Å². The van der Waals surface area contributed by atoms with Crippen LogP contribution < -0.4 is 16.4 Å². The predicted octanol–water partition coefficient (Wildman–Crippen LogP) is 1.78.